The maximum absolute atomic E-state index is 4.29. The molecule has 126 valence electrons. The van der Waals surface area contributed by atoms with E-state index in [-0.39, 0.29) is 0 Å². The molecule has 2 aromatic rings. The Morgan fingerprint density at radius 2 is 2.26 bits per heavy atom. The molecular formula is C16H26N6S. The molecule has 1 atom stereocenters. The molecule has 2 aromatic heterocycles. The summed E-state index contributed by atoms with van der Waals surface area (Å²) in [6, 6.07) is 6.56. The van der Waals surface area contributed by atoms with E-state index >= 15 is 0 Å². The smallest absolute Gasteiger partial charge is 0.191 e. The molecule has 0 bridgehead atoms. The second-order valence-corrected chi connectivity index (χ2v) is 6.48. The van der Waals surface area contributed by atoms with Crippen molar-refractivity contribution in [1.82, 2.24) is 25.3 Å². The molecule has 0 amide bonds. The van der Waals surface area contributed by atoms with E-state index in [9.17, 15) is 0 Å². The van der Waals surface area contributed by atoms with Gasteiger partial charge in [-0.2, -0.15) is 5.10 Å². The van der Waals surface area contributed by atoms with Crippen LogP contribution in [0.1, 0.15) is 17.3 Å². The molecular weight excluding hydrogens is 308 g/mol. The maximum atomic E-state index is 4.29. The standard InChI is InChI=1S/C16H26N6S/c1-17-16(18-8-5-10-22-11-6-9-20-22)19-13-14(21(2)3)15-7-4-12-23-15/h4,6-7,9,11-12,14H,5,8,10,13H2,1-3H3,(H2,17,18,19). The van der Waals surface area contributed by atoms with Crippen LogP contribution in [0.3, 0.4) is 0 Å². The van der Waals surface area contributed by atoms with Crippen LogP contribution in [0, 0.1) is 0 Å². The number of nitrogens with zero attached hydrogens (tertiary/aromatic N) is 4. The third-order valence-corrected chi connectivity index (χ3v) is 4.57. The lowest BCUT2D eigenvalue weighted by Crippen LogP contribution is -2.42. The Kier molecular flexibility index (Phi) is 7.09. The van der Waals surface area contributed by atoms with Crippen molar-refractivity contribution in [2.24, 2.45) is 4.99 Å². The van der Waals surface area contributed by atoms with Crippen molar-refractivity contribution in [2.75, 3.05) is 34.2 Å². The number of rotatable bonds is 8. The molecule has 0 radical (unpaired) electrons. The molecule has 7 heteroatoms. The predicted octanol–water partition coefficient (Wildman–Crippen LogP) is 1.80. The number of aryl methyl sites for hydroxylation is 1. The summed E-state index contributed by atoms with van der Waals surface area (Å²) in [4.78, 5) is 7.88. The van der Waals surface area contributed by atoms with Gasteiger partial charge in [0.15, 0.2) is 5.96 Å². The highest BCUT2D eigenvalue weighted by atomic mass is 32.1. The molecule has 0 aromatic carbocycles. The van der Waals surface area contributed by atoms with Crippen molar-refractivity contribution in [2.45, 2.75) is 19.0 Å². The zero-order valence-electron chi connectivity index (χ0n) is 14.1. The molecule has 0 aliphatic rings. The molecule has 0 fully saturated rings. The summed E-state index contributed by atoms with van der Waals surface area (Å²) in [6.45, 7) is 2.60. The van der Waals surface area contributed by atoms with Gasteiger partial charge in [-0.3, -0.25) is 9.67 Å². The first-order valence-electron chi connectivity index (χ1n) is 7.82. The fourth-order valence-electron chi connectivity index (χ4n) is 2.31. The summed E-state index contributed by atoms with van der Waals surface area (Å²) in [7, 11) is 6.01. The summed E-state index contributed by atoms with van der Waals surface area (Å²) in [5.41, 5.74) is 0. The monoisotopic (exact) mass is 334 g/mol. The van der Waals surface area contributed by atoms with E-state index in [2.05, 4.69) is 57.2 Å². The lowest BCUT2D eigenvalue weighted by Gasteiger charge is -2.24. The maximum Gasteiger partial charge on any atom is 0.191 e. The van der Waals surface area contributed by atoms with Crippen LogP contribution in [0.5, 0.6) is 0 Å². The van der Waals surface area contributed by atoms with Gasteiger partial charge >= 0.3 is 0 Å². The molecule has 0 saturated carbocycles. The SMILES string of the molecule is CN=C(NCCCn1cccn1)NCC(c1cccs1)N(C)C. The summed E-state index contributed by atoms with van der Waals surface area (Å²) in [6.07, 6.45) is 4.79. The predicted molar refractivity (Wildman–Crippen MR) is 97.0 cm³/mol. The van der Waals surface area contributed by atoms with Crippen LogP contribution < -0.4 is 10.6 Å². The van der Waals surface area contributed by atoms with Gasteiger partial charge in [-0.15, -0.1) is 11.3 Å². The van der Waals surface area contributed by atoms with Crippen molar-refractivity contribution in [3.63, 3.8) is 0 Å². The first-order valence-corrected chi connectivity index (χ1v) is 8.70. The second-order valence-electron chi connectivity index (χ2n) is 5.50. The van der Waals surface area contributed by atoms with E-state index in [1.807, 2.05) is 16.9 Å². The third-order valence-electron chi connectivity index (χ3n) is 3.60. The van der Waals surface area contributed by atoms with Gasteiger partial charge in [0.2, 0.25) is 0 Å². The van der Waals surface area contributed by atoms with E-state index in [0.717, 1.165) is 32.0 Å². The number of thiophene rings is 1. The first kappa shape index (κ1) is 17.5. The largest absolute Gasteiger partial charge is 0.356 e. The van der Waals surface area contributed by atoms with E-state index in [1.54, 1.807) is 24.6 Å². The van der Waals surface area contributed by atoms with Crippen LogP contribution in [0.2, 0.25) is 0 Å². The van der Waals surface area contributed by atoms with Crippen LogP contribution in [0.15, 0.2) is 41.0 Å². The fourth-order valence-corrected chi connectivity index (χ4v) is 3.24. The topological polar surface area (TPSA) is 57.5 Å². The Hall–Kier alpha value is -1.86. The highest BCUT2D eigenvalue weighted by Gasteiger charge is 2.15. The van der Waals surface area contributed by atoms with Crippen molar-refractivity contribution >= 4 is 17.3 Å². The second kappa shape index (κ2) is 9.32. The Morgan fingerprint density at radius 3 is 2.87 bits per heavy atom. The Labute approximate surface area is 142 Å². The normalized spacial score (nSPS) is 13.3. The quantitative estimate of drug-likeness (QED) is 0.439. The molecule has 2 N–H and O–H groups in total. The van der Waals surface area contributed by atoms with Crippen molar-refractivity contribution in [3.05, 3.63) is 40.8 Å². The molecule has 0 aliphatic carbocycles. The number of hydrogen-bond donors (Lipinski definition) is 2. The minimum atomic E-state index is 0.345. The van der Waals surface area contributed by atoms with Crippen LogP contribution in [0.25, 0.3) is 0 Å². The van der Waals surface area contributed by atoms with Crippen LogP contribution in [0.4, 0.5) is 0 Å². The highest BCUT2D eigenvalue weighted by Crippen LogP contribution is 2.22. The van der Waals surface area contributed by atoms with Gasteiger partial charge in [0.1, 0.15) is 0 Å². The fraction of sp³-hybridized carbons (Fsp3) is 0.500. The molecule has 0 aliphatic heterocycles. The molecule has 2 rings (SSSR count). The van der Waals surface area contributed by atoms with Crippen LogP contribution >= 0.6 is 11.3 Å². The van der Waals surface area contributed by atoms with Crippen molar-refractivity contribution < 1.29 is 0 Å². The molecule has 23 heavy (non-hydrogen) atoms. The lowest BCUT2D eigenvalue weighted by molar-refractivity contribution is 0.302. The molecule has 6 nitrogen and oxygen atoms in total. The highest BCUT2D eigenvalue weighted by molar-refractivity contribution is 7.10. The van der Waals surface area contributed by atoms with Crippen molar-refractivity contribution in [3.8, 4) is 0 Å². The number of nitrogens with one attached hydrogen (secondary N) is 2. The Bertz CT molecular complexity index is 561. The summed E-state index contributed by atoms with van der Waals surface area (Å²) < 4.78 is 1.94. The minimum Gasteiger partial charge on any atom is -0.356 e. The Balaban J connectivity index is 1.73. The van der Waals surface area contributed by atoms with E-state index < -0.39 is 0 Å². The van der Waals surface area contributed by atoms with Gasteiger partial charge in [0.25, 0.3) is 0 Å². The van der Waals surface area contributed by atoms with E-state index in [0.29, 0.717) is 6.04 Å². The third kappa shape index (κ3) is 5.69. The van der Waals surface area contributed by atoms with Gasteiger partial charge in [0, 0.05) is 44.0 Å². The Morgan fingerprint density at radius 1 is 1.39 bits per heavy atom. The summed E-state index contributed by atoms with van der Waals surface area (Å²) in [5.74, 6) is 0.842. The number of hydrogen-bond acceptors (Lipinski definition) is 4. The van der Waals surface area contributed by atoms with Crippen LogP contribution in [-0.4, -0.2) is 54.9 Å². The lowest BCUT2D eigenvalue weighted by atomic mass is 10.2. The minimum absolute atomic E-state index is 0.345. The van der Waals surface area contributed by atoms with Gasteiger partial charge in [0.05, 0.1) is 6.04 Å². The van der Waals surface area contributed by atoms with Crippen molar-refractivity contribution in [1.29, 1.82) is 0 Å². The van der Waals surface area contributed by atoms with E-state index in [4.69, 9.17) is 0 Å². The van der Waals surface area contributed by atoms with Crippen LogP contribution in [-0.2, 0) is 6.54 Å². The number of aromatic nitrogens is 2. The molecule has 1 unspecified atom stereocenters. The number of guanidine groups is 1. The molecule has 0 spiro atoms. The molecule has 2 heterocycles. The number of likely N-dealkylation sites (N-methyl/N-ethyl adjacent to an activating group) is 1. The van der Waals surface area contributed by atoms with E-state index in [1.165, 1.54) is 4.88 Å². The first-order chi connectivity index (χ1) is 11.2. The average Bonchev–Trinajstić information content (AvgIpc) is 3.22. The zero-order valence-corrected chi connectivity index (χ0v) is 14.9. The average molecular weight is 334 g/mol. The number of aliphatic imine (C=N–C) groups is 1. The summed E-state index contributed by atoms with van der Waals surface area (Å²) in [5, 5.41) is 13.1. The zero-order chi connectivity index (χ0) is 16.5. The molecule has 0 saturated heterocycles. The van der Waals surface area contributed by atoms with Gasteiger partial charge in [-0.25, -0.2) is 0 Å². The van der Waals surface area contributed by atoms with Gasteiger partial charge in [-0.1, -0.05) is 6.07 Å². The van der Waals surface area contributed by atoms with Gasteiger partial charge in [-0.05, 0) is 38.0 Å². The summed E-state index contributed by atoms with van der Waals surface area (Å²) >= 11 is 1.79. The van der Waals surface area contributed by atoms with Gasteiger partial charge < -0.3 is 15.5 Å².